The number of allylic oxidation sites excluding steroid dienone is 3. The van der Waals surface area contributed by atoms with Gasteiger partial charge in [-0.1, -0.05) is 24.3 Å². The smallest absolute Gasteiger partial charge is 0.255 e. The molecule has 0 spiro atoms. The van der Waals surface area contributed by atoms with Crippen molar-refractivity contribution in [1.82, 2.24) is 14.4 Å². The molecule has 1 fully saturated rings. The molecule has 2 aliphatic rings. The summed E-state index contributed by atoms with van der Waals surface area (Å²) in [6.07, 6.45) is 12.1. The number of pyridine rings is 1. The van der Waals surface area contributed by atoms with Gasteiger partial charge < -0.3 is 14.4 Å². The molecule has 1 aliphatic heterocycles. The van der Waals surface area contributed by atoms with Crippen LogP contribution in [0, 0.1) is 0 Å². The number of likely N-dealkylation sites (tertiary alicyclic amines) is 1. The van der Waals surface area contributed by atoms with Crippen LogP contribution in [-0.2, 0) is 13.0 Å². The molecule has 0 radical (unpaired) electrons. The summed E-state index contributed by atoms with van der Waals surface area (Å²) >= 11 is 0. The van der Waals surface area contributed by atoms with Crippen molar-refractivity contribution >= 4 is 12.0 Å². The molecule has 1 aliphatic carbocycles. The lowest BCUT2D eigenvalue weighted by molar-refractivity contribution is 0.0662. The summed E-state index contributed by atoms with van der Waals surface area (Å²) in [6.45, 7) is 3.98. The summed E-state index contributed by atoms with van der Waals surface area (Å²) in [5.41, 5.74) is 2.25. The van der Waals surface area contributed by atoms with Crippen LogP contribution < -0.4 is 5.56 Å². The van der Waals surface area contributed by atoms with Gasteiger partial charge in [-0.2, -0.15) is 0 Å². The maximum absolute atomic E-state index is 13.1. The Balaban J connectivity index is 1.89. The molecule has 0 aromatic carbocycles. The summed E-state index contributed by atoms with van der Waals surface area (Å²) in [4.78, 5) is 29.9. The van der Waals surface area contributed by atoms with Crippen LogP contribution in [0.5, 0.6) is 0 Å². The lowest BCUT2D eigenvalue weighted by Gasteiger charge is -2.35. The molecule has 0 bridgehead atoms. The molecule has 5 heteroatoms. The number of fused-ring (bicyclic) bond motifs is 1. The predicted molar refractivity (Wildman–Crippen MR) is 101 cm³/mol. The van der Waals surface area contributed by atoms with Crippen LogP contribution in [-0.4, -0.2) is 53.5 Å². The van der Waals surface area contributed by atoms with E-state index in [2.05, 4.69) is 19.0 Å². The number of hydrogen-bond donors (Lipinski definition) is 0. The largest absolute Gasteiger partial charge is 0.338 e. The van der Waals surface area contributed by atoms with Gasteiger partial charge in [-0.05, 0) is 45.8 Å². The van der Waals surface area contributed by atoms with Crippen LogP contribution in [0.25, 0.3) is 6.08 Å². The molecule has 3 rings (SSSR count). The van der Waals surface area contributed by atoms with Crippen molar-refractivity contribution in [1.29, 1.82) is 0 Å². The van der Waals surface area contributed by atoms with Gasteiger partial charge in [0.2, 0.25) is 0 Å². The summed E-state index contributed by atoms with van der Waals surface area (Å²) in [6, 6.07) is 0.540. The minimum atomic E-state index is 0.0148. The van der Waals surface area contributed by atoms with Crippen molar-refractivity contribution in [3.63, 3.8) is 0 Å². The molecule has 0 N–H and O–H groups in total. The van der Waals surface area contributed by atoms with Crippen molar-refractivity contribution in [2.24, 2.45) is 0 Å². The minimum Gasteiger partial charge on any atom is -0.338 e. The van der Waals surface area contributed by atoms with E-state index in [9.17, 15) is 9.59 Å². The van der Waals surface area contributed by atoms with Crippen LogP contribution in [0.1, 0.15) is 41.3 Å². The number of piperidine rings is 1. The van der Waals surface area contributed by atoms with Crippen molar-refractivity contribution < 1.29 is 4.79 Å². The second kappa shape index (κ2) is 7.40. The number of hydrogen-bond acceptors (Lipinski definition) is 3. The van der Waals surface area contributed by atoms with Gasteiger partial charge in [0, 0.05) is 37.4 Å². The molecular formula is C20H27N3O2. The van der Waals surface area contributed by atoms with Crippen LogP contribution >= 0.6 is 0 Å². The third-order valence-electron chi connectivity index (χ3n) is 5.28. The molecule has 1 saturated heterocycles. The molecule has 0 atom stereocenters. The number of amides is 1. The van der Waals surface area contributed by atoms with E-state index < -0.39 is 0 Å². The number of carbonyl (C=O) groups excluding carboxylic acids is 1. The Labute approximate surface area is 149 Å². The Kier molecular flexibility index (Phi) is 5.23. The van der Waals surface area contributed by atoms with Gasteiger partial charge in [0.15, 0.2) is 0 Å². The zero-order chi connectivity index (χ0) is 18.0. The van der Waals surface area contributed by atoms with Gasteiger partial charge in [-0.15, -0.1) is 0 Å². The first-order valence-electron chi connectivity index (χ1n) is 9.02. The van der Waals surface area contributed by atoms with Gasteiger partial charge in [0.1, 0.15) is 0 Å². The van der Waals surface area contributed by atoms with Crippen molar-refractivity contribution in [3.05, 3.63) is 51.5 Å². The van der Waals surface area contributed by atoms with E-state index in [0.29, 0.717) is 24.6 Å². The van der Waals surface area contributed by atoms with E-state index in [-0.39, 0.29) is 11.5 Å². The first-order chi connectivity index (χ1) is 12.0. The van der Waals surface area contributed by atoms with Crippen molar-refractivity contribution in [2.75, 3.05) is 27.2 Å². The molecule has 2 heterocycles. The van der Waals surface area contributed by atoms with Crippen LogP contribution in [0.3, 0.4) is 0 Å². The summed E-state index contributed by atoms with van der Waals surface area (Å²) < 4.78 is 1.66. The first-order valence-corrected chi connectivity index (χ1v) is 9.02. The highest BCUT2D eigenvalue weighted by molar-refractivity contribution is 5.98. The van der Waals surface area contributed by atoms with Crippen molar-refractivity contribution in [2.45, 2.75) is 38.8 Å². The Morgan fingerprint density at radius 3 is 2.68 bits per heavy atom. The summed E-state index contributed by atoms with van der Waals surface area (Å²) in [5, 5.41) is 0. The van der Waals surface area contributed by atoms with E-state index in [1.807, 2.05) is 36.1 Å². The van der Waals surface area contributed by atoms with Crippen LogP contribution in [0.4, 0.5) is 0 Å². The third kappa shape index (κ3) is 3.47. The molecule has 134 valence electrons. The van der Waals surface area contributed by atoms with E-state index in [4.69, 9.17) is 0 Å². The second-order valence-corrected chi connectivity index (χ2v) is 7.06. The fourth-order valence-electron chi connectivity index (χ4n) is 3.70. The Bertz CT molecular complexity index is 766. The highest BCUT2D eigenvalue weighted by Crippen LogP contribution is 2.24. The maximum Gasteiger partial charge on any atom is 0.255 e. The van der Waals surface area contributed by atoms with Gasteiger partial charge >= 0.3 is 0 Å². The number of rotatable bonds is 4. The molecule has 5 nitrogen and oxygen atoms in total. The van der Waals surface area contributed by atoms with Crippen LogP contribution in [0.15, 0.2) is 29.2 Å². The maximum atomic E-state index is 13.1. The van der Waals surface area contributed by atoms with E-state index in [1.54, 1.807) is 10.8 Å². The molecule has 0 saturated carbocycles. The van der Waals surface area contributed by atoms with Gasteiger partial charge in [-0.25, -0.2) is 0 Å². The highest BCUT2D eigenvalue weighted by atomic mass is 16.2. The first kappa shape index (κ1) is 17.7. The monoisotopic (exact) mass is 341 g/mol. The third-order valence-corrected chi connectivity index (χ3v) is 5.28. The standard InChI is InChI=1S/C20H27N3O2/c1-4-5-11-23-14-18(16-7-6-8-17(16)19(23)24)20(25)22-12-9-15(10-13-22)21(2)3/h4-7,14-15H,8-13H2,1-3H3/b5-4+. The number of carbonyl (C=O) groups is 1. The van der Waals surface area contributed by atoms with E-state index >= 15 is 0 Å². The molecule has 0 unspecified atom stereocenters. The van der Waals surface area contributed by atoms with Gasteiger partial charge in [-0.3, -0.25) is 9.59 Å². The summed E-state index contributed by atoms with van der Waals surface area (Å²) in [5.74, 6) is 0.0502. The zero-order valence-electron chi connectivity index (χ0n) is 15.4. The SMILES string of the molecule is C/C=C/Cn1cc(C(=O)N2CCC(N(C)C)CC2)c2c(c1=O)CC=C2. The lowest BCUT2D eigenvalue weighted by Crippen LogP contribution is -2.45. The second-order valence-electron chi connectivity index (χ2n) is 7.06. The fourth-order valence-corrected chi connectivity index (χ4v) is 3.70. The Hall–Kier alpha value is -2.14. The fraction of sp³-hybridized carbons (Fsp3) is 0.500. The van der Waals surface area contributed by atoms with Crippen LogP contribution in [0.2, 0.25) is 0 Å². The average Bonchev–Trinajstić information content (AvgIpc) is 3.11. The number of nitrogens with zero attached hydrogens (tertiary/aromatic N) is 3. The number of aromatic nitrogens is 1. The van der Waals surface area contributed by atoms with E-state index in [0.717, 1.165) is 37.1 Å². The average molecular weight is 341 g/mol. The zero-order valence-corrected chi connectivity index (χ0v) is 15.4. The summed E-state index contributed by atoms with van der Waals surface area (Å²) in [7, 11) is 4.19. The molecule has 1 aromatic rings. The topological polar surface area (TPSA) is 45.6 Å². The minimum absolute atomic E-state index is 0.0148. The van der Waals surface area contributed by atoms with E-state index in [1.165, 1.54) is 0 Å². The molecule has 25 heavy (non-hydrogen) atoms. The quantitative estimate of drug-likeness (QED) is 0.789. The Morgan fingerprint density at radius 1 is 1.32 bits per heavy atom. The molecular weight excluding hydrogens is 314 g/mol. The van der Waals surface area contributed by atoms with Gasteiger partial charge in [0.05, 0.1) is 5.56 Å². The molecule has 1 aromatic heterocycles. The predicted octanol–water partition coefficient (Wildman–Crippen LogP) is 2.16. The van der Waals surface area contributed by atoms with Crippen molar-refractivity contribution in [3.8, 4) is 0 Å². The normalized spacial score (nSPS) is 17.7. The lowest BCUT2D eigenvalue weighted by atomic mass is 10.0. The highest BCUT2D eigenvalue weighted by Gasteiger charge is 2.28. The Morgan fingerprint density at radius 2 is 2.04 bits per heavy atom. The molecule has 1 amide bonds. The van der Waals surface area contributed by atoms with Gasteiger partial charge in [0.25, 0.3) is 11.5 Å².